The van der Waals surface area contributed by atoms with E-state index < -0.39 is 10.0 Å². The Morgan fingerprint density at radius 2 is 2.07 bits per heavy atom. The summed E-state index contributed by atoms with van der Waals surface area (Å²) < 4.78 is 26.9. The van der Waals surface area contributed by atoms with Gasteiger partial charge in [0.15, 0.2) is 0 Å². The maximum Gasteiger partial charge on any atom is 0.240 e. The van der Waals surface area contributed by atoms with Crippen LogP contribution in [0.15, 0.2) is 27.6 Å². The number of hydrogen-bond acceptors (Lipinski definition) is 2. The molecule has 0 bridgehead atoms. The van der Waals surface area contributed by atoms with Crippen LogP contribution in [-0.4, -0.2) is 15.0 Å². The lowest BCUT2D eigenvalue weighted by Gasteiger charge is -2.06. The highest BCUT2D eigenvalue weighted by atomic mass is 79.9. The maximum absolute atomic E-state index is 11.7. The van der Waals surface area contributed by atoms with E-state index in [1.165, 1.54) is 0 Å². The predicted octanol–water partition coefficient (Wildman–Crippen LogP) is 2.45. The predicted molar refractivity (Wildman–Crippen MR) is 64.4 cm³/mol. The van der Waals surface area contributed by atoms with Gasteiger partial charge in [0.25, 0.3) is 0 Å². The fraction of sp³-hybridized carbons (Fsp3) is 0.400. The standard InChI is InChI=1S/C10H14BrNO2S/c1-3-6-12-15(13,14)9-4-5-10(11)8(2)7-9/h4-5,7,12H,3,6H2,1-2H3. The van der Waals surface area contributed by atoms with Crippen LogP contribution >= 0.6 is 15.9 Å². The third-order valence-electron chi connectivity index (χ3n) is 1.98. The van der Waals surface area contributed by atoms with Crippen LogP contribution < -0.4 is 4.72 Å². The molecule has 0 saturated carbocycles. The Morgan fingerprint density at radius 3 is 2.60 bits per heavy atom. The van der Waals surface area contributed by atoms with Gasteiger partial charge in [-0.25, -0.2) is 13.1 Å². The van der Waals surface area contributed by atoms with Crippen molar-refractivity contribution >= 4 is 26.0 Å². The lowest BCUT2D eigenvalue weighted by Crippen LogP contribution is -2.24. The van der Waals surface area contributed by atoms with Crippen molar-refractivity contribution in [1.29, 1.82) is 0 Å². The second-order valence-electron chi connectivity index (χ2n) is 3.31. The molecule has 0 fully saturated rings. The van der Waals surface area contributed by atoms with Crippen LogP contribution in [0.5, 0.6) is 0 Å². The quantitative estimate of drug-likeness (QED) is 0.926. The average molecular weight is 292 g/mol. The van der Waals surface area contributed by atoms with Crippen molar-refractivity contribution in [2.24, 2.45) is 0 Å². The van der Waals surface area contributed by atoms with Crippen molar-refractivity contribution in [1.82, 2.24) is 4.72 Å². The molecular weight excluding hydrogens is 278 g/mol. The molecule has 0 radical (unpaired) electrons. The molecule has 84 valence electrons. The molecule has 3 nitrogen and oxygen atoms in total. The SMILES string of the molecule is CCCNS(=O)(=O)c1ccc(Br)c(C)c1. The largest absolute Gasteiger partial charge is 0.240 e. The van der Waals surface area contributed by atoms with E-state index >= 15 is 0 Å². The minimum Gasteiger partial charge on any atom is -0.211 e. The second kappa shape index (κ2) is 5.09. The Labute approximate surface area is 99.1 Å². The summed E-state index contributed by atoms with van der Waals surface area (Å²) in [5, 5.41) is 0. The number of rotatable bonds is 4. The first kappa shape index (κ1) is 12.7. The number of nitrogens with one attached hydrogen (secondary N) is 1. The van der Waals surface area contributed by atoms with E-state index in [4.69, 9.17) is 0 Å². The van der Waals surface area contributed by atoms with Gasteiger partial charge in [-0.15, -0.1) is 0 Å². The van der Waals surface area contributed by atoms with Gasteiger partial charge in [-0.1, -0.05) is 22.9 Å². The van der Waals surface area contributed by atoms with Gasteiger partial charge in [0.1, 0.15) is 0 Å². The van der Waals surface area contributed by atoms with E-state index in [0.717, 1.165) is 16.5 Å². The summed E-state index contributed by atoms with van der Waals surface area (Å²) in [7, 11) is -3.33. The molecule has 1 aromatic carbocycles. The molecule has 1 rings (SSSR count). The van der Waals surface area contributed by atoms with Crippen molar-refractivity contribution in [3.63, 3.8) is 0 Å². The van der Waals surface area contributed by atoms with Gasteiger partial charge >= 0.3 is 0 Å². The molecule has 0 aromatic heterocycles. The third kappa shape index (κ3) is 3.29. The van der Waals surface area contributed by atoms with Gasteiger partial charge in [0.2, 0.25) is 10.0 Å². The molecule has 0 aliphatic carbocycles. The first-order valence-electron chi connectivity index (χ1n) is 4.73. The summed E-state index contributed by atoms with van der Waals surface area (Å²) in [6.45, 7) is 4.26. The zero-order valence-corrected chi connectivity index (χ0v) is 11.2. The van der Waals surface area contributed by atoms with Crippen molar-refractivity contribution < 1.29 is 8.42 Å². The van der Waals surface area contributed by atoms with Gasteiger partial charge in [-0.2, -0.15) is 0 Å². The molecule has 1 aromatic rings. The zero-order valence-electron chi connectivity index (χ0n) is 8.75. The highest BCUT2D eigenvalue weighted by Crippen LogP contribution is 2.19. The van der Waals surface area contributed by atoms with Gasteiger partial charge in [-0.05, 0) is 37.1 Å². The molecule has 0 aliphatic heterocycles. The molecule has 0 spiro atoms. The molecule has 1 N–H and O–H groups in total. The highest BCUT2D eigenvalue weighted by molar-refractivity contribution is 9.10. The van der Waals surface area contributed by atoms with Crippen molar-refractivity contribution in [3.8, 4) is 0 Å². The topological polar surface area (TPSA) is 46.2 Å². The maximum atomic E-state index is 11.7. The number of halogens is 1. The molecule has 0 atom stereocenters. The normalized spacial score (nSPS) is 11.7. The number of hydrogen-bond donors (Lipinski definition) is 1. The highest BCUT2D eigenvalue weighted by Gasteiger charge is 2.13. The van der Waals surface area contributed by atoms with E-state index in [1.54, 1.807) is 18.2 Å². The Balaban J connectivity index is 3.00. The van der Waals surface area contributed by atoms with Crippen molar-refractivity contribution in [2.75, 3.05) is 6.54 Å². The van der Waals surface area contributed by atoms with Crippen LogP contribution in [0.4, 0.5) is 0 Å². The number of sulfonamides is 1. The van der Waals surface area contributed by atoms with Gasteiger partial charge in [0.05, 0.1) is 4.90 Å². The van der Waals surface area contributed by atoms with Gasteiger partial charge < -0.3 is 0 Å². The smallest absolute Gasteiger partial charge is 0.211 e. The molecular formula is C10H14BrNO2S. The van der Waals surface area contributed by atoms with Crippen molar-refractivity contribution in [2.45, 2.75) is 25.2 Å². The second-order valence-corrected chi connectivity index (χ2v) is 5.93. The third-order valence-corrected chi connectivity index (χ3v) is 4.33. The van der Waals surface area contributed by atoms with Crippen molar-refractivity contribution in [3.05, 3.63) is 28.2 Å². The lowest BCUT2D eigenvalue weighted by atomic mass is 10.2. The Kier molecular flexibility index (Phi) is 4.31. The molecule has 0 saturated heterocycles. The summed E-state index contributed by atoms with van der Waals surface area (Å²) in [5.41, 5.74) is 0.911. The molecule has 0 unspecified atom stereocenters. The minimum atomic E-state index is -3.33. The van der Waals surface area contributed by atoms with Crippen LogP contribution in [0.1, 0.15) is 18.9 Å². The molecule has 0 heterocycles. The summed E-state index contributed by atoms with van der Waals surface area (Å²) in [6, 6.07) is 4.99. The Bertz CT molecular complexity index is 443. The summed E-state index contributed by atoms with van der Waals surface area (Å²) in [5.74, 6) is 0. The first-order chi connectivity index (χ1) is 6.97. The molecule has 0 aliphatic rings. The number of benzene rings is 1. The first-order valence-corrected chi connectivity index (χ1v) is 7.01. The van der Waals surface area contributed by atoms with Crippen LogP contribution in [0, 0.1) is 6.92 Å². The minimum absolute atomic E-state index is 0.316. The molecule has 0 amide bonds. The monoisotopic (exact) mass is 291 g/mol. The lowest BCUT2D eigenvalue weighted by molar-refractivity contribution is 0.580. The van der Waals surface area contributed by atoms with Gasteiger partial charge in [0, 0.05) is 11.0 Å². The van der Waals surface area contributed by atoms with E-state index in [2.05, 4.69) is 20.7 Å². The van der Waals surface area contributed by atoms with E-state index in [0.29, 0.717) is 11.4 Å². The van der Waals surface area contributed by atoms with Crippen LogP contribution in [0.2, 0.25) is 0 Å². The molecule has 5 heteroatoms. The van der Waals surface area contributed by atoms with E-state index in [1.807, 2.05) is 13.8 Å². The average Bonchev–Trinajstić information content (AvgIpc) is 2.19. The van der Waals surface area contributed by atoms with E-state index in [-0.39, 0.29) is 0 Å². The van der Waals surface area contributed by atoms with Crippen LogP contribution in [-0.2, 0) is 10.0 Å². The van der Waals surface area contributed by atoms with Crippen LogP contribution in [0.3, 0.4) is 0 Å². The van der Waals surface area contributed by atoms with Gasteiger partial charge in [-0.3, -0.25) is 0 Å². The fourth-order valence-electron chi connectivity index (χ4n) is 1.10. The Morgan fingerprint density at radius 1 is 1.40 bits per heavy atom. The summed E-state index contributed by atoms with van der Waals surface area (Å²) in [4.78, 5) is 0.316. The van der Waals surface area contributed by atoms with E-state index in [9.17, 15) is 8.42 Å². The Hall–Kier alpha value is -0.390. The molecule has 15 heavy (non-hydrogen) atoms. The number of aryl methyl sites for hydroxylation is 1. The zero-order chi connectivity index (χ0) is 11.5. The fourth-order valence-corrected chi connectivity index (χ4v) is 2.57. The summed E-state index contributed by atoms with van der Waals surface area (Å²) >= 11 is 3.33. The van der Waals surface area contributed by atoms with Crippen LogP contribution in [0.25, 0.3) is 0 Å². The summed E-state index contributed by atoms with van der Waals surface area (Å²) in [6.07, 6.45) is 0.786.